The molecule has 0 aromatic carbocycles. The Bertz CT molecular complexity index is 883. The van der Waals surface area contributed by atoms with Crippen molar-refractivity contribution in [2.45, 2.75) is 64.1 Å². The highest BCUT2D eigenvalue weighted by atomic mass is 16.1. The number of rotatable bonds is 6. The lowest BCUT2D eigenvalue weighted by atomic mass is 10.1. The molecular weight excluding hydrogens is 354 g/mol. The summed E-state index contributed by atoms with van der Waals surface area (Å²) in [5.41, 5.74) is 0.849. The smallest absolute Gasteiger partial charge is 0.269 e. The summed E-state index contributed by atoms with van der Waals surface area (Å²) in [5.74, 6) is 2.73. The maximum absolute atomic E-state index is 12.7. The Kier molecular flexibility index (Phi) is 5.23. The molecule has 3 heterocycles. The molecule has 0 spiro atoms. The summed E-state index contributed by atoms with van der Waals surface area (Å²) < 4.78 is 3.82. The van der Waals surface area contributed by atoms with Crippen LogP contribution in [0.25, 0.3) is 0 Å². The lowest BCUT2D eigenvalue weighted by molar-refractivity contribution is 0.155. The van der Waals surface area contributed by atoms with Crippen LogP contribution in [0.1, 0.15) is 63.1 Å². The van der Waals surface area contributed by atoms with E-state index in [0.29, 0.717) is 12.0 Å². The third-order valence-electron chi connectivity index (χ3n) is 6.13. The first kappa shape index (κ1) is 19.1. The average molecular weight is 386 g/mol. The molecule has 4 rings (SSSR count). The molecule has 2 fully saturated rings. The summed E-state index contributed by atoms with van der Waals surface area (Å²) in [6, 6.07) is 2.14. The SMILES string of the molecule is CC(C)N(C)c1cnn([C@@H]2CCCN(Cc3nnc(C4CC4)n3C)C2)c(=O)c1. The summed E-state index contributed by atoms with van der Waals surface area (Å²) in [5, 5.41) is 13.3. The van der Waals surface area contributed by atoms with E-state index in [2.05, 4.69) is 50.6 Å². The highest BCUT2D eigenvalue weighted by Gasteiger charge is 2.30. The van der Waals surface area contributed by atoms with E-state index < -0.39 is 0 Å². The molecule has 2 aromatic heterocycles. The Morgan fingerprint density at radius 3 is 2.71 bits per heavy atom. The zero-order valence-electron chi connectivity index (χ0n) is 17.4. The van der Waals surface area contributed by atoms with Gasteiger partial charge in [0, 0.05) is 38.7 Å². The molecule has 8 nitrogen and oxygen atoms in total. The fourth-order valence-corrected chi connectivity index (χ4v) is 3.96. The predicted molar refractivity (Wildman–Crippen MR) is 109 cm³/mol. The minimum atomic E-state index is -0.0217. The summed E-state index contributed by atoms with van der Waals surface area (Å²) in [7, 11) is 4.06. The van der Waals surface area contributed by atoms with E-state index in [0.717, 1.165) is 49.8 Å². The first-order chi connectivity index (χ1) is 13.4. The van der Waals surface area contributed by atoms with Gasteiger partial charge in [0.05, 0.1) is 24.5 Å². The highest BCUT2D eigenvalue weighted by molar-refractivity contribution is 5.42. The van der Waals surface area contributed by atoms with Crippen molar-refractivity contribution >= 4 is 5.69 Å². The van der Waals surface area contributed by atoms with Gasteiger partial charge in [0.2, 0.25) is 0 Å². The number of likely N-dealkylation sites (tertiary alicyclic amines) is 1. The zero-order valence-corrected chi connectivity index (χ0v) is 17.4. The van der Waals surface area contributed by atoms with Crippen LogP contribution in [0.4, 0.5) is 5.69 Å². The molecule has 0 radical (unpaired) electrons. The average Bonchev–Trinajstić information content (AvgIpc) is 3.46. The zero-order chi connectivity index (χ0) is 19.8. The molecule has 1 saturated carbocycles. The summed E-state index contributed by atoms with van der Waals surface area (Å²) in [6.07, 6.45) is 6.31. The lowest BCUT2D eigenvalue weighted by Crippen LogP contribution is -2.41. The molecule has 2 aliphatic rings. The van der Waals surface area contributed by atoms with Gasteiger partial charge in [-0.05, 0) is 46.1 Å². The van der Waals surface area contributed by atoms with Gasteiger partial charge in [-0.15, -0.1) is 10.2 Å². The van der Waals surface area contributed by atoms with Gasteiger partial charge in [-0.3, -0.25) is 9.69 Å². The molecule has 8 heteroatoms. The maximum atomic E-state index is 12.7. The van der Waals surface area contributed by atoms with Crippen LogP contribution in [0.5, 0.6) is 0 Å². The summed E-state index contributed by atoms with van der Waals surface area (Å²) in [6.45, 7) is 6.82. The van der Waals surface area contributed by atoms with Crippen LogP contribution >= 0.6 is 0 Å². The van der Waals surface area contributed by atoms with Crippen molar-refractivity contribution in [3.63, 3.8) is 0 Å². The molecule has 0 N–H and O–H groups in total. The number of nitrogens with zero attached hydrogens (tertiary/aromatic N) is 7. The van der Waals surface area contributed by atoms with E-state index in [1.165, 1.54) is 12.8 Å². The first-order valence-electron chi connectivity index (χ1n) is 10.4. The van der Waals surface area contributed by atoms with Crippen LogP contribution in [0.15, 0.2) is 17.1 Å². The molecule has 0 amide bonds. The van der Waals surface area contributed by atoms with Crippen LogP contribution in [0.2, 0.25) is 0 Å². The first-order valence-corrected chi connectivity index (χ1v) is 10.4. The molecule has 1 aliphatic carbocycles. The topological polar surface area (TPSA) is 72.1 Å². The van der Waals surface area contributed by atoms with Gasteiger partial charge in [-0.2, -0.15) is 5.10 Å². The monoisotopic (exact) mass is 385 g/mol. The predicted octanol–water partition coefficient (Wildman–Crippen LogP) is 1.93. The van der Waals surface area contributed by atoms with E-state index in [4.69, 9.17) is 0 Å². The Balaban J connectivity index is 1.46. The van der Waals surface area contributed by atoms with Gasteiger partial charge < -0.3 is 9.47 Å². The lowest BCUT2D eigenvalue weighted by Gasteiger charge is -2.32. The van der Waals surface area contributed by atoms with Crippen LogP contribution in [-0.4, -0.2) is 55.6 Å². The van der Waals surface area contributed by atoms with E-state index in [-0.39, 0.29) is 11.6 Å². The van der Waals surface area contributed by atoms with Crippen LogP contribution in [0, 0.1) is 0 Å². The largest absolute Gasteiger partial charge is 0.371 e. The van der Waals surface area contributed by atoms with Crippen LogP contribution in [-0.2, 0) is 13.6 Å². The molecular formula is C20H31N7O. The second-order valence-electron chi connectivity index (χ2n) is 8.54. The van der Waals surface area contributed by atoms with E-state index in [9.17, 15) is 4.79 Å². The second kappa shape index (κ2) is 7.66. The Morgan fingerprint density at radius 1 is 1.25 bits per heavy atom. The Hall–Kier alpha value is -2.22. The quantitative estimate of drug-likeness (QED) is 0.757. The normalized spacial score (nSPS) is 20.7. The Morgan fingerprint density at radius 2 is 2.04 bits per heavy atom. The van der Waals surface area contributed by atoms with Gasteiger partial charge >= 0.3 is 0 Å². The van der Waals surface area contributed by atoms with E-state index in [1.54, 1.807) is 10.7 Å². The summed E-state index contributed by atoms with van der Waals surface area (Å²) in [4.78, 5) is 17.1. The van der Waals surface area contributed by atoms with Crippen molar-refractivity contribution in [3.05, 3.63) is 34.3 Å². The number of piperidine rings is 1. The standard InChI is InChI=1S/C20H31N7O/c1-14(2)24(3)17-10-19(28)27(21-11-17)16-6-5-9-26(12-16)13-18-22-23-20(25(18)4)15-7-8-15/h10-11,14-16H,5-9,12-13H2,1-4H3/t16-/m1/s1. The fraction of sp³-hybridized carbons (Fsp3) is 0.700. The van der Waals surface area contributed by atoms with Gasteiger partial charge in [0.1, 0.15) is 11.6 Å². The number of anilines is 1. The third-order valence-corrected chi connectivity index (χ3v) is 6.13. The number of hydrogen-bond acceptors (Lipinski definition) is 6. The highest BCUT2D eigenvalue weighted by Crippen LogP contribution is 2.38. The van der Waals surface area contributed by atoms with Gasteiger partial charge in [0.25, 0.3) is 5.56 Å². The molecule has 0 unspecified atom stereocenters. The fourth-order valence-electron chi connectivity index (χ4n) is 3.96. The van der Waals surface area contributed by atoms with Gasteiger partial charge in [0.15, 0.2) is 0 Å². The minimum Gasteiger partial charge on any atom is -0.371 e. The van der Waals surface area contributed by atoms with Crippen molar-refractivity contribution in [1.29, 1.82) is 0 Å². The van der Waals surface area contributed by atoms with Crippen molar-refractivity contribution in [2.75, 3.05) is 25.0 Å². The minimum absolute atomic E-state index is 0.0217. The maximum Gasteiger partial charge on any atom is 0.269 e. The summed E-state index contributed by atoms with van der Waals surface area (Å²) >= 11 is 0. The van der Waals surface area contributed by atoms with Crippen molar-refractivity contribution < 1.29 is 0 Å². The van der Waals surface area contributed by atoms with Gasteiger partial charge in [-0.1, -0.05) is 0 Å². The van der Waals surface area contributed by atoms with Crippen molar-refractivity contribution in [1.82, 2.24) is 29.4 Å². The number of hydrogen-bond donors (Lipinski definition) is 0. The Labute approximate surface area is 166 Å². The third kappa shape index (κ3) is 3.83. The van der Waals surface area contributed by atoms with Gasteiger partial charge in [-0.25, -0.2) is 4.68 Å². The molecule has 2 aromatic rings. The van der Waals surface area contributed by atoms with E-state index >= 15 is 0 Å². The van der Waals surface area contributed by atoms with Crippen molar-refractivity contribution in [2.24, 2.45) is 7.05 Å². The molecule has 28 heavy (non-hydrogen) atoms. The molecule has 152 valence electrons. The van der Waals surface area contributed by atoms with Crippen molar-refractivity contribution in [3.8, 4) is 0 Å². The molecule has 1 atom stereocenters. The molecule has 0 bridgehead atoms. The van der Waals surface area contributed by atoms with Crippen LogP contribution in [0.3, 0.4) is 0 Å². The second-order valence-corrected chi connectivity index (χ2v) is 8.54. The van der Waals surface area contributed by atoms with Crippen LogP contribution < -0.4 is 10.5 Å². The molecule has 1 aliphatic heterocycles. The molecule has 1 saturated heterocycles. The number of aromatic nitrogens is 5. The van der Waals surface area contributed by atoms with E-state index in [1.807, 2.05) is 13.2 Å².